The largest absolute Gasteiger partial charge is 0.480 e. The van der Waals surface area contributed by atoms with Gasteiger partial charge in [-0.15, -0.1) is 0 Å². The maximum Gasteiger partial charge on any atom is 0.317 e. The van der Waals surface area contributed by atoms with Crippen LogP contribution in [0.2, 0.25) is 0 Å². The molecule has 1 aromatic carbocycles. The van der Waals surface area contributed by atoms with E-state index in [1.165, 1.54) is 0 Å². The Morgan fingerprint density at radius 3 is 2.25 bits per heavy atom. The van der Waals surface area contributed by atoms with Crippen molar-refractivity contribution in [3.8, 4) is 0 Å². The molecule has 1 aromatic rings. The smallest absolute Gasteiger partial charge is 0.317 e. The Kier molecular flexibility index (Phi) is 8.17. The fourth-order valence-corrected chi connectivity index (χ4v) is 1.31. The van der Waals surface area contributed by atoms with E-state index in [2.05, 4.69) is 0 Å². The number of rotatable bonds is 5. The summed E-state index contributed by atoms with van der Waals surface area (Å²) in [6, 6.07) is 9.89. The lowest BCUT2D eigenvalue weighted by Gasteiger charge is -2.17. The second kappa shape index (κ2) is 8.92. The van der Waals surface area contributed by atoms with E-state index in [0.717, 1.165) is 12.1 Å². The molecule has 0 atom stereocenters. The van der Waals surface area contributed by atoms with Gasteiger partial charge in [-0.3, -0.25) is 9.69 Å². The molecule has 1 rings (SSSR count). The van der Waals surface area contributed by atoms with Crippen molar-refractivity contribution in [3.63, 3.8) is 0 Å². The van der Waals surface area contributed by atoms with Gasteiger partial charge in [-0.1, -0.05) is 51.1 Å². The Balaban J connectivity index is 0.00000106. The maximum atomic E-state index is 10.5. The number of carboxylic acids is 1. The van der Waals surface area contributed by atoms with Gasteiger partial charge in [0.05, 0.1) is 6.54 Å². The molecule has 3 heteroatoms. The van der Waals surface area contributed by atoms with Crippen molar-refractivity contribution in [2.75, 3.05) is 13.1 Å². The molecule has 1 N–H and O–H groups in total. The highest BCUT2D eigenvalue weighted by Crippen LogP contribution is 2.03. The topological polar surface area (TPSA) is 40.5 Å². The molecule has 0 heterocycles. The van der Waals surface area contributed by atoms with E-state index in [-0.39, 0.29) is 6.54 Å². The van der Waals surface area contributed by atoms with Gasteiger partial charge in [-0.2, -0.15) is 0 Å². The molecule has 0 unspecified atom stereocenters. The predicted molar refractivity (Wildman–Crippen MR) is 66.4 cm³/mol. The lowest BCUT2D eigenvalue weighted by molar-refractivity contribution is -0.138. The summed E-state index contributed by atoms with van der Waals surface area (Å²) >= 11 is 0. The fraction of sp³-hybridized carbons (Fsp3) is 0.462. The third kappa shape index (κ3) is 6.19. The Labute approximate surface area is 97.7 Å². The van der Waals surface area contributed by atoms with E-state index in [9.17, 15) is 4.79 Å². The number of hydrogen-bond donors (Lipinski definition) is 1. The second-order valence-electron chi connectivity index (χ2n) is 3.18. The van der Waals surface area contributed by atoms with E-state index >= 15 is 0 Å². The first-order valence-corrected chi connectivity index (χ1v) is 5.70. The number of benzene rings is 1. The van der Waals surface area contributed by atoms with Crippen LogP contribution in [-0.4, -0.2) is 29.1 Å². The van der Waals surface area contributed by atoms with Crippen LogP contribution in [-0.2, 0) is 11.3 Å². The highest BCUT2D eigenvalue weighted by atomic mass is 16.4. The average molecular weight is 223 g/mol. The summed E-state index contributed by atoms with van der Waals surface area (Å²) in [6.07, 6.45) is 0. The predicted octanol–water partition coefficient (Wildman–Crippen LogP) is 2.62. The highest BCUT2D eigenvalue weighted by molar-refractivity contribution is 5.69. The molecule has 90 valence electrons. The summed E-state index contributed by atoms with van der Waals surface area (Å²) in [5.74, 6) is -0.775. The maximum absolute atomic E-state index is 10.5. The van der Waals surface area contributed by atoms with E-state index in [1.807, 2.05) is 56.0 Å². The lowest BCUT2D eigenvalue weighted by Crippen LogP contribution is -2.28. The Morgan fingerprint density at radius 2 is 1.81 bits per heavy atom. The van der Waals surface area contributed by atoms with E-state index in [0.29, 0.717) is 6.54 Å². The van der Waals surface area contributed by atoms with Gasteiger partial charge in [0, 0.05) is 6.54 Å². The standard InChI is InChI=1S/C11H15NO2.C2H6/c1-2-12(9-11(13)14)8-10-6-4-3-5-7-10;1-2/h3-7H,2,8-9H2,1H3,(H,13,14);1-2H3. The zero-order valence-electron chi connectivity index (χ0n) is 10.3. The third-order valence-electron chi connectivity index (χ3n) is 2.06. The third-order valence-corrected chi connectivity index (χ3v) is 2.06. The lowest BCUT2D eigenvalue weighted by atomic mass is 10.2. The molecule has 16 heavy (non-hydrogen) atoms. The van der Waals surface area contributed by atoms with Crippen molar-refractivity contribution in [2.45, 2.75) is 27.3 Å². The molecule has 0 bridgehead atoms. The van der Waals surface area contributed by atoms with Crippen LogP contribution >= 0.6 is 0 Å². The van der Waals surface area contributed by atoms with Crippen molar-refractivity contribution >= 4 is 5.97 Å². The number of aliphatic carboxylic acids is 1. The average Bonchev–Trinajstić information content (AvgIpc) is 2.31. The zero-order chi connectivity index (χ0) is 12.4. The van der Waals surface area contributed by atoms with Gasteiger partial charge in [0.15, 0.2) is 0 Å². The molecular formula is C13H21NO2. The number of hydrogen-bond acceptors (Lipinski definition) is 2. The molecule has 0 aliphatic rings. The molecule has 0 amide bonds. The first-order valence-electron chi connectivity index (χ1n) is 5.70. The molecule has 0 aliphatic heterocycles. The highest BCUT2D eigenvalue weighted by Gasteiger charge is 2.07. The van der Waals surface area contributed by atoms with E-state index in [4.69, 9.17) is 5.11 Å². The van der Waals surface area contributed by atoms with Gasteiger partial charge in [-0.05, 0) is 12.1 Å². The van der Waals surface area contributed by atoms with Gasteiger partial charge >= 0.3 is 5.97 Å². The second-order valence-corrected chi connectivity index (χ2v) is 3.18. The van der Waals surface area contributed by atoms with Crippen molar-refractivity contribution in [1.29, 1.82) is 0 Å². The van der Waals surface area contributed by atoms with Crippen LogP contribution in [0.15, 0.2) is 30.3 Å². The van der Waals surface area contributed by atoms with Crippen LogP contribution in [0.4, 0.5) is 0 Å². The normalized spacial score (nSPS) is 9.50. The molecular weight excluding hydrogens is 202 g/mol. The summed E-state index contributed by atoms with van der Waals surface area (Å²) in [5, 5.41) is 8.65. The Bertz CT molecular complexity index is 285. The number of carbonyl (C=O) groups is 1. The first kappa shape index (κ1) is 14.6. The summed E-state index contributed by atoms with van der Waals surface area (Å²) in [4.78, 5) is 12.4. The minimum absolute atomic E-state index is 0.103. The van der Waals surface area contributed by atoms with Crippen LogP contribution in [0.5, 0.6) is 0 Å². The van der Waals surface area contributed by atoms with Crippen LogP contribution in [0.3, 0.4) is 0 Å². The monoisotopic (exact) mass is 223 g/mol. The first-order chi connectivity index (χ1) is 7.72. The number of likely N-dealkylation sites (N-methyl/N-ethyl adjacent to an activating group) is 1. The quantitative estimate of drug-likeness (QED) is 0.834. The van der Waals surface area contributed by atoms with Crippen LogP contribution in [0.25, 0.3) is 0 Å². The van der Waals surface area contributed by atoms with Crippen LogP contribution in [0.1, 0.15) is 26.3 Å². The Morgan fingerprint density at radius 1 is 1.25 bits per heavy atom. The molecule has 0 fully saturated rings. The minimum Gasteiger partial charge on any atom is -0.480 e. The molecule has 0 saturated carbocycles. The molecule has 0 aliphatic carbocycles. The van der Waals surface area contributed by atoms with E-state index in [1.54, 1.807) is 0 Å². The van der Waals surface area contributed by atoms with E-state index < -0.39 is 5.97 Å². The summed E-state index contributed by atoms with van der Waals surface area (Å²) in [6.45, 7) is 7.52. The van der Waals surface area contributed by atoms with Gasteiger partial charge in [-0.25, -0.2) is 0 Å². The van der Waals surface area contributed by atoms with Gasteiger partial charge < -0.3 is 5.11 Å². The van der Waals surface area contributed by atoms with Crippen LogP contribution < -0.4 is 0 Å². The molecule has 3 nitrogen and oxygen atoms in total. The fourth-order valence-electron chi connectivity index (χ4n) is 1.31. The van der Waals surface area contributed by atoms with Crippen molar-refractivity contribution in [2.24, 2.45) is 0 Å². The minimum atomic E-state index is -0.775. The molecule has 0 aromatic heterocycles. The van der Waals surface area contributed by atoms with Gasteiger partial charge in [0.2, 0.25) is 0 Å². The van der Waals surface area contributed by atoms with Gasteiger partial charge in [0.25, 0.3) is 0 Å². The number of carboxylic acid groups (broad SMARTS) is 1. The summed E-state index contributed by atoms with van der Waals surface area (Å²) in [5.41, 5.74) is 1.15. The van der Waals surface area contributed by atoms with Gasteiger partial charge in [0.1, 0.15) is 0 Å². The van der Waals surface area contributed by atoms with Crippen molar-refractivity contribution in [1.82, 2.24) is 4.90 Å². The number of nitrogens with zero attached hydrogens (tertiary/aromatic N) is 1. The molecule has 0 saturated heterocycles. The SMILES string of the molecule is CC.CCN(CC(=O)O)Cc1ccccc1. The Hall–Kier alpha value is -1.35. The summed E-state index contributed by atoms with van der Waals surface area (Å²) in [7, 11) is 0. The zero-order valence-corrected chi connectivity index (χ0v) is 10.3. The summed E-state index contributed by atoms with van der Waals surface area (Å²) < 4.78 is 0. The molecule has 0 spiro atoms. The van der Waals surface area contributed by atoms with Crippen molar-refractivity contribution < 1.29 is 9.90 Å². The molecule has 0 radical (unpaired) electrons. The van der Waals surface area contributed by atoms with Crippen molar-refractivity contribution in [3.05, 3.63) is 35.9 Å². The van der Waals surface area contributed by atoms with Crippen LogP contribution in [0, 0.1) is 0 Å².